The van der Waals surface area contributed by atoms with Gasteiger partial charge in [-0.3, -0.25) is 9.59 Å². The number of nitrogens with one attached hydrogen (secondary N) is 1. The largest absolute Gasteiger partial charge is 0.351 e. The van der Waals surface area contributed by atoms with Crippen molar-refractivity contribution in [2.24, 2.45) is 0 Å². The summed E-state index contributed by atoms with van der Waals surface area (Å²) in [5, 5.41) is 2.58. The monoisotopic (exact) mass is 351 g/mol. The fourth-order valence-corrected chi connectivity index (χ4v) is 3.01. The van der Waals surface area contributed by atoms with Crippen LogP contribution in [0.4, 0.5) is 14.6 Å². The van der Waals surface area contributed by atoms with Gasteiger partial charge in [-0.2, -0.15) is 0 Å². The molecule has 25 heavy (non-hydrogen) atoms. The molecule has 0 atom stereocenters. The van der Waals surface area contributed by atoms with E-state index in [1.165, 1.54) is 18.5 Å². The van der Waals surface area contributed by atoms with Crippen LogP contribution < -0.4 is 10.2 Å². The second-order valence-electron chi connectivity index (χ2n) is 6.18. The highest BCUT2D eigenvalue weighted by Crippen LogP contribution is 2.37. The lowest BCUT2D eigenvalue weighted by molar-refractivity contribution is -0.126. The lowest BCUT2D eigenvalue weighted by atomic mass is 9.88. The zero-order valence-corrected chi connectivity index (χ0v) is 13.6. The molecule has 0 radical (unpaired) electrons. The summed E-state index contributed by atoms with van der Waals surface area (Å²) < 4.78 is 25.8. The van der Waals surface area contributed by atoms with E-state index in [9.17, 15) is 18.4 Å². The number of nitrogens with zero attached hydrogens (tertiary/aromatic N) is 4. The fraction of sp³-hybridized carbons (Fsp3) is 0.500. The zero-order chi connectivity index (χ0) is 18.0. The van der Waals surface area contributed by atoms with Crippen molar-refractivity contribution >= 4 is 17.6 Å². The third kappa shape index (κ3) is 3.75. The molecule has 1 N–H and O–H groups in total. The lowest BCUT2D eigenvalue weighted by Gasteiger charge is -2.36. The quantitative estimate of drug-likeness (QED) is 0.814. The molecule has 2 aliphatic rings. The van der Waals surface area contributed by atoms with E-state index in [1.807, 2.05) is 4.90 Å². The van der Waals surface area contributed by atoms with Crippen LogP contribution in [0.3, 0.4) is 0 Å². The molecule has 3 rings (SSSR count). The van der Waals surface area contributed by atoms with Gasteiger partial charge in [-0.25, -0.2) is 18.7 Å². The van der Waals surface area contributed by atoms with Gasteiger partial charge in [0.1, 0.15) is 0 Å². The van der Waals surface area contributed by atoms with Crippen LogP contribution in [0.5, 0.6) is 0 Å². The Kier molecular flexibility index (Phi) is 4.65. The number of aromatic nitrogens is 2. The second kappa shape index (κ2) is 6.73. The zero-order valence-electron chi connectivity index (χ0n) is 13.6. The van der Waals surface area contributed by atoms with Gasteiger partial charge < -0.3 is 15.1 Å². The van der Waals surface area contributed by atoms with Crippen LogP contribution in [0.25, 0.3) is 0 Å². The second-order valence-corrected chi connectivity index (χ2v) is 6.18. The molecule has 1 aliphatic carbocycles. The lowest BCUT2D eigenvalue weighted by Crippen LogP contribution is -2.51. The van der Waals surface area contributed by atoms with Gasteiger partial charge in [0.25, 0.3) is 11.8 Å². The molecule has 134 valence electrons. The summed E-state index contributed by atoms with van der Waals surface area (Å²) in [7, 11) is 0. The number of amides is 2. The third-order valence-corrected chi connectivity index (χ3v) is 4.38. The maximum Gasteiger partial charge on any atom is 0.273 e. The van der Waals surface area contributed by atoms with Crippen LogP contribution in [0.2, 0.25) is 0 Å². The van der Waals surface area contributed by atoms with E-state index >= 15 is 0 Å². The van der Waals surface area contributed by atoms with Crippen molar-refractivity contribution in [1.82, 2.24) is 20.2 Å². The Labute approximate surface area is 143 Å². The summed E-state index contributed by atoms with van der Waals surface area (Å²) in [5.41, 5.74) is 0.112. The molecule has 2 amide bonds. The van der Waals surface area contributed by atoms with E-state index < -0.39 is 17.9 Å². The Hall–Kier alpha value is -2.58. The molecule has 1 saturated heterocycles. The van der Waals surface area contributed by atoms with Gasteiger partial charge in [0.05, 0.1) is 0 Å². The Bertz CT molecular complexity index is 681. The number of hydrogen-bond donors (Lipinski definition) is 1. The molecule has 0 aromatic carbocycles. The van der Waals surface area contributed by atoms with Crippen molar-refractivity contribution < 1.29 is 18.4 Å². The van der Waals surface area contributed by atoms with Gasteiger partial charge in [-0.15, -0.1) is 0 Å². The van der Waals surface area contributed by atoms with E-state index in [0.29, 0.717) is 32.0 Å². The van der Waals surface area contributed by atoms with Crippen molar-refractivity contribution in [3.05, 3.63) is 30.7 Å². The van der Waals surface area contributed by atoms with Gasteiger partial charge >= 0.3 is 0 Å². The van der Waals surface area contributed by atoms with Gasteiger partial charge in [0.2, 0.25) is 5.91 Å². The Balaban J connectivity index is 1.66. The van der Waals surface area contributed by atoms with E-state index in [4.69, 9.17) is 0 Å². The SMILES string of the molecule is C=CC(=O)N1CCN(c2nccnc2C(=O)NC2CC(F)(F)C2)CC1. The highest BCUT2D eigenvalue weighted by atomic mass is 19.3. The highest BCUT2D eigenvalue weighted by molar-refractivity contribution is 5.97. The number of piperazine rings is 1. The van der Waals surface area contributed by atoms with Crippen LogP contribution in [0.15, 0.2) is 25.0 Å². The molecule has 1 aromatic rings. The molecule has 2 heterocycles. The number of anilines is 1. The van der Waals surface area contributed by atoms with E-state index in [1.54, 1.807) is 4.90 Å². The first kappa shape index (κ1) is 17.2. The van der Waals surface area contributed by atoms with Crippen molar-refractivity contribution in [2.45, 2.75) is 24.8 Å². The van der Waals surface area contributed by atoms with Gasteiger partial charge in [0, 0.05) is 57.5 Å². The summed E-state index contributed by atoms with van der Waals surface area (Å²) in [6, 6.07) is -0.542. The highest BCUT2D eigenvalue weighted by Gasteiger charge is 2.46. The predicted molar refractivity (Wildman–Crippen MR) is 86.5 cm³/mol. The normalized spacial score (nSPS) is 19.9. The van der Waals surface area contributed by atoms with Crippen LogP contribution in [-0.4, -0.2) is 64.8 Å². The number of hydrogen-bond acceptors (Lipinski definition) is 5. The molecule has 1 saturated carbocycles. The third-order valence-electron chi connectivity index (χ3n) is 4.38. The molecule has 0 spiro atoms. The predicted octanol–water partition coefficient (Wildman–Crippen LogP) is 0.839. The van der Waals surface area contributed by atoms with Gasteiger partial charge in [-0.1, -0.05) is 6.58 Å². The summed E-state index contributed by atoms with van der Waals surface area (Å²) in [4.78, 5) is 35.8. The van der Waals surface area contributed by atoms with E-state index in [0.717, 1.165) is 0 Å². The van der Waals surface area contributed by atoms with E-state index in [2.05, 4.69) is 21.9 Å². The Morgan fingerprint density at radius 1 is 1.20 bits per heavy atom. The topological polar surface area (TPSA) is 78.4 Å². The van der Waals surface area contributed by atoms with Gasteiger partial charge in [-0.05, 0) is 6.08 Å². The average molecular weight is 351 g/mol. The van der Waals surface area contributed by atoms with Crippen LogP contribution in [0.1, 0.15) is 23.3 Å². The summed E-state index contributed by atoms with van der Waals surface area (Å²) in [6.07, 6.45) is 3.44. The van der Waals surface area contributed by atoms with Crippen molar-refractivity contribution in [1.29, 1.82) is 0 Å². The maximum absolute atomic E-state index is 12.9. The minimum Gasteiger partial charge on any atom is -0.351 e. The molecular formula is C16H19F2N5O2. The molecule has 7 nitrogen and oxygen atoms in total. The number of carbonyl (C=O) groups excluding carboxylic acids is 2. The minimum absolute atomic E-state index is 0.112. The first-order valence-corrected chi connectivity index (χ1v) is 8.05. The minimum atomic E-state index is -2.70. The molecule has 2 fully saturated rings. The molecule has 0 unspecified atom stereocenters. The molecule has 0 bridgehead atoms. The first-order valence-electron chi connectivity index (χ1n) is 8.05. The number of halogens is 2. The molecule has 9 heteroatoms. The first-order chi connectivity index (χ1) is 11.9. The summed E-state index contributed by atoms with van der Waals surface area (Å²) >= 11 is 0. The Morgan fingerprint density at radius 3 is 2.44 bits per heavy atom. The Morgan fingerprint density at radius 2 is 1.84 bits per heavy atom. The van der Waals surface area contributed by atoms with Crippen LogP contribution in [-0.2, 0) is 4.79 Å². The molecule has 1 aromatic heterocycles. The van der Waals surface area contributed by atoms with Crippen LogP contribution in [0, 0.1) is 0 Å². The summed E-state index contributed by atoms with van der Waals surface area (Å²) in [5.74, 6) is -2.94. The maximum atomic E-state index is 12.9. The molecule has 1 aliphatic heterocycles. The van der Waals surface area contributed by atoms with Crippen LogP contribution >= 0.6 is 0 Å². The van der Waals surface area contributed by atoms with Crippen molar-refractivity contribution in [3.63, 3.8) is 0 Å². The average Bonchev–Trinajstić information content (AvgIpc) is 2.59. The van der Waals surface area contributed by atoms with E-state index in [-0.39, 0.29) is 24.4 Å². The van der Waals surface area contributed by atoms with Gasteiger partial charge in [0.15, 0.2) is 11.5 Å². The smallest absolute Gasteiger partial charge is 0.273 e. The standard InChI is InChI=1S/C16H19F2N5O2/c1-2-12(24)22-5-7-23(8-6-22)14-13(19-3-4-20-14)15(25)21-11-9-16(17,18)10-11/h2-4,11H,1,5-10H2,(H,21,25). The number of alkyl halides is 2. The van der Waals surface area contributed by atoms with Crippen molar-refractivity contribution in [2.75, 3.05) is 31.1 Å². The van der Waals surface area contributed by atoms with Crippen molar-refractivity contribution in [3.8, 4) is 0 Å². The molecular weight excluding hydrogens is 332 g/mol. The number of carbonyl (C=O) groups is 2. The summed E-state index contributed by atoms with van der Waals surface area (Å²) in [6.45, 7) is 5.44. The number of rotatable bonds is 4. The fourth-order valence-electron chi connectivity index (χ4n) is 3.01.